The fourth-order valence-corrected chi connectivity index (χ4v) is 4.75. The second-order valence-electron chi connectivity index (χ2n) is 9.31. The lowest BCUT2D eigenvalue weighted by molar-refractivity contribution is -0.256. The minimum Gasteiger partial charge on any atom is -0.490 e. The first kappa shape index (κ1) is 24.4. The van der Waals surface area contributed by atoms with Crippen molar-refractivity contribution >= 4 is 5.97 Å². The lowest BCUT2D eigenvalue weighted by atomic mass is 9.67. The number of carboxylic acid groups (broad SMARTS) is 1. The highest BCUT2D eigenvalue weighted by Crippen LogP contribution is 2.53. The van der Waals surface area contributed by atoms with Gasteiger partial charge in [0.05, 0.1) is 17.6 Å². The minimum absolute atomic E-state index is 0.0410. The normalized spacial score (nSPS) is 19.0. The van der Waals surface area contributed by atoms with Crippen molar-refractivity contribution in [3.63, 3.8) is 0 Å². The van der Waals surface area contributed by atoms with E-state index < -0.39 is 34.8 Å². The van der Waals surface area contributed by atoms with Crippen molar-refractivity contribution in [2.45, 2.75) is 38.3 Å². The molecule has 2 aromatic rings. The van der Waals surface area contributed by atoms with Crippen LogP contribution in [0, 0.1) is 23.0 Å². The van der Waals surface area contributed by atoms with Gasteiger partial charge in [-0.25, -0.2) is 13.6 Å². The van der Waals surface area contributed by atoms with Crippen LogP contribution in [0.5, 0.6) is 5.75 Å². The van der Waals surface area contributed by atoms with Gasteiger partial charge in [-0.3, -0.25) is 0 Å². The van der Waals surface area contributed by atoms with E-state index in [1.54, 1.807) is 6.07 Å². The Morgan fingerprint density at radius 3 is 2.15 bits per heavy atom. The molecular formula is C25H26F5NO3. The predicted molar refractivity (Wildman–Crippen MR) is 116 cm³/mol. The van der Waals surface area contributed by atoms with Crippen LogP contribution in [0.3, 0.4) is 0 Å². The minimum atomic E-state index is -4.17. The number of hydrogen-bond acceptors (Lipinski definition) is 3. The maximum absolute atomic E-state index is 14.6. The predicted octanol–water partition coefficient (Wildman–Crippen LogP) is 6.15. The Hall–Kier alpha value is -2.68. The summed E-state index contributed by atoms with van der Waals surface area (Å²) in [5, 5.41) is 8.92. The van der Waals surface area contributed by atoms with Crippen molar-refractivity contribution in [3.05, 3.63) is 53.6 Å². The zero-order valence-electron chi connectivity index (χ0n) is 18.5. The summed E-state index contributed by atoms with van der Waals surface area (Å²) in [6, 6.07) is 7.77. The third-order valence-electron chi connectivity index (χ3n) is 7.08. The highest BCUT2D eigenvalue weighted by Gasteiger charge is 2.58. The summed E-state index contributed by atoms with van der Waals surface area (Å²) in [6.45, 7) is 1.43. The Bertz CT molecular complexity index is 1040. The van der Waals surface area contributed by atoms with Gasteiger partial charge in [0.25, 0.3) is 0 Å². The Kier molecular flexibility index (Phi) is 6.85. The van der Waals surface area contributed by atoms with Crippen molar-refractivity contribution in [3.8, 4) is 16.9 Å². The SMILES string of the molecule is O=C(O)c1ccc(-c2ccc(OCC3CCN(CC4(C(F)(F)F)CCC4)CC3)c(F)c2)cc1F. The fraction of sp³-hybridized carbons (Fsp3) is 0.480. The summed E-state index contributed by atoms with van der Waals surface area (Å²) < 4.78 is 74.4. The van der Waals surface area contributed by atoms with Gasteiger partial charge >= 0.3 is 12.1 Å². The maximum Gasteiger partial charge on any atom is 0.395 e. The van der Waals surface area contributed by atoms with Crippen molar-refractivity contribution in [1.29, 1.82) is 0 Å². The number of rotatable bonds is 7. The van der Waals surface area contributed by atoms with Gasteiger partial charge in [0.15, 0.2) is 11.6 Å². The zero-order valence-corrected chi connectivity index (χ0v) is 18.5. The molecule has 34 heavy (non-hydrogen) atoms. The molecular weight excluding hydrogens is 457 g/mol. The smallest absolute Gasteiger partial charge is 0.395 e. The number of carboxylic acids is 1. The first-order chi connectivity index (χ1) is 16.1. The summed E-state index contributed by atoms with van der Waals surface area (Å²) in [4.78, 5) is 12.8. The first-order valence-corrected chi connectivity index (χ1v) is 11.3. The van der Waals surface area contributed by atoms with Crippen molar-refractivity contribution in [2.24, 2.45) is 11.3 Å². The average Bonchev–Trinajstić information content (AvgIpc) is 2.75. The van der Waals surface area contributed by atoms with Crippen molar-refractivity contribution in [1.82, 2.24) is 4.90 Å². The third kappa shape index (κ3) is 5.04. The molecule has 2 aromatic carbocycles. The van der Waals surface area contributed by atoms with Crippen LogP contribution in [0.15, 0.2) is 36.4 Å². The van der Waals surface area contributed by atoms with E-state index in [2.05, 4.69) is 0 Å². The van der Waals surface area contributed by atoms with Crippen LogP contribution in [0.2, 0.25) is 0 Å². The summed E-state index contributed by atoms with van der Waals surface area (Å²) in [5.74, 6) is -2.76. The lowest BCUT2D eigenvalue weighted by Crippen LogP contribution is -2.53. The molecule has 4 rings (SSSR count). The van der Waals surface area contributed by atoms with Crippen molar-refractivity contribution in [2.75, 3.05) is 26.2 Å². The molecule has 9 heteroatoms. The van der Waals surface area contributed by atoms with Gasteiger partial charge in [-0.05, 0) is 80.1 Å². The molecule has 2 fully saturated rings. The maximum atomic E-state index is 14.6. The van der Waals surface area contributed by atoms with E-state index >= 15 is 0 Å². The first-order valence-electron chi connectivity index (χ1n) is 11.3. The van der Waals surface area contributed by atoms with Crippen LogP contribution in [0.1, 0.15) is 42.5 Å². The number of benzene rings is 2. The molecule has 0 amide bonds. The topological polar surface area (TPSA) is 49.8 Å². The summed E-state index contributed by atoms with van der Waals surface area (Å²) in [5.41, 5.74) is -1.30. The molecule has 0 radical (unpaired) electrons. The Morgan fingerprint density at radius 2 is 1.65 bits per heavy atom. The molecule has 1 aliphatic heterocycles. The van der Waals surface area contributed by atoms with Crippen LogP contribution < -0.4 is 4.74 Å². The summed E-state index contributed by atoms with van der Waals surface area (Å²) >= 11 is 0. The number of likely N-dealkylation sites (tertiary alicyclic amines) is 1. The number of nitrogens with zero attached hydrogens (tertiary/aromatic N) is 1. The monoisotopic (exact) mass is 483 g/mol. The molecule has 4 nitrogen and oxygen atoms in total. The molecule has 0 atom stereocenters. The number of aromatic carboxylic acids is 1. The van der Waals surface area contributed by atoms with Gasteiger partial charge in [0.1, 0.15) is 5.82 Å². The second kappa shape index (κ2) is 9.52. The molecule has 1 saturated heterocycles. The van der Waals surface area contributed by atoms with E-state index in [1.807, 2.05) is 4.90 Å². The van der Waals surface area contributed by atoms with E-state index in [-0.39, 0.29) is 37.7 Å². The fourth-order valence-electron chi connectivity index (χ4n) is 4.75. The molecule has 0 spiro atoms. The van der Waals surface area contributed by atoms with E-state index in [0.29, 0.717) is 43.5 Å². The van der Waals surface area contributed by atoms with E-state index in [4.69, 9.17) is 9.84 Å². The van der Waals surface area contributed by atoms with Gasteiger partial charge < -0.3 is 14.7 Å². The van der Waals surface area contributed by atoms with E-state index in [9.17, 15) is 26.7 Å². The molecule has 0 bridgehead atoms. The highest BCUT2D eigenvalue weighted by molar-refractivity contribution is 5.88. The van der Waals surface area contributed by atoms with E-state index in [1.165, 1.54) is 18.2 Å². The highest BCUT2D eigenvalue weighted by atomic mass is 19.4. The molecule has 1 heterocycles. The van der Waals surface area contributed by atoms with Crippen LogP contribution in [0.25, 0.3) is 11.1 Å². The lowest BCUT2D eigenvalue weighted by Gasteiger charge is -2.47. The molecule has 1 aliphatic carbocycles. The molecule has 2 aliphatic rings. The molecule has 1 N–H and O–H groups in total. The van der Waals surface area contributed by atoms with Gasteiger partial charge in [-0.2, -0.15) is 13.2 Å². The van der Waals surface area contributed by atoms with E-state index in [0.717, 1.165) is 12.1 Å². The van der Waals surface area contributed by atoms with Crippen LogP contribution in [-0.2, 0) is 0 Å². The molecule has 184 valence electrons. The van der Waals surface area contributed by atoms with Gasteiger partial charge in [0.2, 0.25) is 0 Å². The number of ether oxygens (including phenoxy) is 1. The number of carbonyl (C=O) groups is 1. The second-order valence-corrected chi connectivity index (χ2v) is 9.31. The largest absolute Gasteiger partial charge is 0.490 e. The Morgan fingerprint density at radius 1 is 1.03 bits per heavy atom. The van der Waals surface area contributed by atoms with Gasteiger partial charge in [0, 0.05) is 6.54 Å². The molecule has 0 unspecified atom stereocenters. The summed E-state index contributed by atoms with van der Waals surface area (Å²) in [7, 11) is 0. The third-order valence-corrected chi connectivity index (χ3v) is 7.08. The molecule has 1 saturated carbocycles. The number of hydrogen-bond donors (Lipinski definition) is 1. The van der Waals surface area contributed by atoms with Gasteiger partial charge in [-0.15, -0.1) is 0 Å². The Balaban J connectivity index is 1.30. The quantitative estimate of drug-likeness (QED) is 0.480. The number of halogens is 5. The number of alkyl halides is 3. The summed E-state index contributed by atoms with van der Waals surface area (Å²) in [6.07, 6.45) is -1.78. The standard InChI is InChI=1S/C25H26F5NO3/c26-20-12-17(2-4-19(20)23(32)33)18-3-5-22(21(27)13-18)34-14-16-6-10-31(11-7-16)15-24(8-1-9-24)25(28,29)30/h2-5,12-13,16H,1,6-11,14-15H2,(H,32,33). The molecule has 0 aromatic heterocycles. The van der Waals surface area contributed by atoms with Gasteiger partial charge in [-0.1, -0.05) is 18.6 Å². The van der Waals surface area contributed by atoms with Crippen LogP contribution in [-0.4, -0.2) is 48.4 Å². The van der Waals surface area contributed by atoms with Crippen LogP contribution in [0.4, 0.5) is 22.0 Å². The van der Waals surface area contributed by atoms with Crippen molar-refractivity contribution < 1.29 is 36.6 Å². The number of piperidine rings is 1. The average molecular weight is 483 g/mol. The Labute approximate surface area is 194 Å². The van der Waals surface area contributed by atoms with Crippen LogP contribution >= 0.6 is 0 Å². The zero-order chi connectivity index (χ0) is 24.5.